The van der Waals surface area contributed by atoms with Crippen molar-refractivity contribution in [2.45, 2.75) is 33.2 Å². The third-order valence-electron chi connectivity index (χ3n) is 3.97. The number of aliphatic hydroxyl groups is 1. The summed E-state index contributed by atoms with van der Waals surface area (Å²) in [6, 6.07) is 3.45. The van der Waals surface area contributed by atoms with Crippen LogP contribution in [0, 0.1) is 6.92 Å². The summed E-state index contributed by atoms with van der Waals surface area (Å²) in [5, 5.41) is 19.5. The van der Waals surface area contributed by atoms with E-state index in [9.17, 15) is 15.0 Å². The van der Waals surface area contributed by atoms with Gasteiger partial charge in [0.2, 0.25) is 0 Å². The topological polar surface area (TPSA) is 88.5 Å². The van der Waals surface area contributed by atoms with Gasteiger partial charge in [0, 0.05) is 17.6 Å². The summed E-state index contributed by atoms with van der Waals surface area (Å²) in [6.45, 7) is 5.08. The second-order valence-electron chi connectivity index (χ2n) is 5.17. The molecule has 0 spiro atoms. The molecule has 114 valence electrons. The van der Waals surface area contributed by atoms with Gasteiger partial charge < -0.3 is 20.5 Å². The van der Waals surface area contributed by atoms with E-state index in [2.05, 4.69) is 4.57 Å². The van der Waals surface area contributed by atoms with Crippen molar-refractivity contribution in [1.29, 1.82) is 0 Å². The third kappa shape index (κ3) is 2.66. The summed E-state index contributed by atoms with van der Waals surface area (Å²) < 4.78 is 2.07. The first kappa shape index (κ1) is 15.5. The van der Waals surface area contributed by atoms with Crippen molar-refractivity contribution in [1.82, 2.24) is 4.57 Å². The number of hydrogen-bond donors (Lipinski definition) is 3. The molecule has 1 aromatic carbocycles. The standard InChI is InChI=1S/C16H22N2O3/c1-3-11-8-12(16(20)21)9-14-13(4-5-17)10(2)18(6-7-19)15(11)14/h8-9,19H,3-7,17H2,1-2H3,(H,20,21). The van der Waals surface area contributed by atoms with Gasteiger partial charge >= 0.3 is 5.97 Å². The van der Waals surface area contributed by atoms with Gasteiger partial charge in [0.25, 0.3) is 0 Å². The summed E-state index contributed by atoms with van der Waals surface area (Å²) in [7, 11) is 0. The molecular weight excluding hydrogens is 268 g/mol. The second-order valence-corrected chi connectivity index (χ2v) is 5.17. The molecule has 0 unspecified atom stereocenters. The molecular formula is C16H22N2O3. The number of nitrogens with zero attached hydrogens (tertiary/aromatic N) is 1. The van der Waals surface area contributed by atoms with Crippen LogP contribution in [0.15, 0.2) is 12.1 Å². The molecule has 2 rings (SSSR count). The van der Waals surface area contributed by atoms with Gasteiger partial charge in [0.1, 0.15) is 0 Å². The molecule has 0 radical (unpaired) electrons. The Kier molecular flexibility index (Phi) is 4.65. The molecule has 0 aliphatic carbocycles. The van der Waals surface area contributed by atoms with Crippen LogP contribution < -0.4 is 5.73 Å². The van der Waals surface area contributed by atoms with E-state index >= 15 is 0 Å². The number of carboxylic acid groups (broad SMARTS) is 1. The summed E-state index contributed by atoms with van der Waals surface area (Å²) in [4.78, 5) is 11.3. The zero-order valence-electron chi connectivity index (χ0n) is 12.5. The lowest BCUT2D eigenvalue weighted by Crippen LogP contribution is -2.07. The predicted octanol–water partition coefficient (Wildman–Crippen LogP) is 1.70. The Hall–Kier alpha value is -1.85. The van der Waals surface area contributed by atoms with E-state index in [1.807, 2.05) is 13.8 Å². The fraction of sp³-hybridized carbons (Fsp3) is 0.438. The van der Waals surface area contributed by atoms with Crippen molar-refractivity contribution in [3.05, 3.63) is 34.5 Å². The molecule has 0 saturated carbocycles. The smallest absolute Gasteiger partial charge is 0.335 e. The van der Waals surface area contributed by atoms with Crippen molar-refractivity contribution in [2.24, 2.45) is 5.73 Å². The number of hydrogen-bond acceptors (Lipinski definition) is 3. The second kappa shape index (κ2) is 6.28. The van der Waals surface area contributed by atoms with Crippen molar-refractivity contribution in [3.8, 4) is 0 Å². The molecule has 0 saturated heterocycles. The van der Waals surface area contributed by atoms with E-state index in [1.54, 1.807) is 12.1 Å². The highest BCUT2D eigenvalue weighted by atomic mass is 16.4. The predicted molar refractivity (Wildman–Crippen MR) is 82.9 cm³/mol. The van der Waals surface area contributed by atoms with Crippen molar-refractivity contribution in [2.75, 3.05) is 13.2 Å². The molecule has 1 heterocycles. The average Bonchev–Trinajstić information content (AvgIpc) is 2.73. The lowest BCUT2D eigenvalue weighted by atomic mass is 10.0. The van der Waals surface area contributed by atoms with E-state index in [1.165, 1.54) is 0 Å². The molecule has 0 fully saturated rings. The van der Waals surface area contributed by atoms with Gasteiger partial charge in [-0.15, -0.1) is 0 Å². The number of benzene rings is 1. The van der Waals surface area contributed by atoms with Crippen LogP contribution in [0.1, 0.15) is 34.1 Å². The number of aromatic carboxylic acids is 1. The first-order valence-corrected chi connectivity index (χ1v) is 7.23. The third-order valence-corrected chi connectivity index (χ3v) is 3.97. The highest BCUT2D eigenvalue weighted by Crippen LogP contribution is 2.31. The number of carboxylic acids is 1. The largest absolute Gasteiger partial charge is 0.478 e. The summed E-state index contributed by atoms with van der Waals surface area (Å²) >= 11 is 0. The quantitative estimate of drug-likeness (QED) is 0.755. The monoisotopic (exact) mass is 290 g/mol. The Bertz CT molecular complexity index is 674. The molecule has 4 N–H and O–H groups in total. The van der Waals surface area contributed by atoms with Gasteiger partial charge in [-0.1, -0.05) is 6.92 Å². The Morgan fingerprint density at radius 3 is 2.62 bits per heavy atom. The lowest BCUT2D eigenvalue weighted by Gasteiger charge is -2.10. The molecule has 0 amide bonds. The van der Waals surface area contributed by atoms with Crippen LogP contribution in [0.5, 0.6) is 0 Å². The maximum Gasteiger partial charge on any atom is 0.335 e. The summed E-state index contributed by atoms with van der Waals surface area (Å²) in [5.74, 6) is -0.919. The fourth-order valence-corrected chi connectivity index (χ4v) is 3.00. The molecule has 0 bridgehead atoms. The highest BCUT2D eigenvalue weighted by molar-refractivity contribution is 5.97. The minimum absolute atomic E-state index is 0.0521. The van der Waals surface area contributed by atoms with Gasteiger partial charge in [-0.25, -0.2) is 4.79 Å². The Labute approximate surface area is 124 Å². The zero-order chi connectivity index (χ0) is 15.6. The Morgan fingerprint density at radius 2 is 2.10 bits per heavy atom. The number of fused-ring (bicyclic) bond motifs is 1. The average molecular weight is 290 g/mol. The normalized spacial score (nSPS) is 11.2. The van der Waals surface area contributed by atoms with Crippen LogP contribution in [0.4, 0.5) is 0 Å². The minimum Gasteiger partial charge on any atom is -0.478 e. The van der Waals surface area contributed by atoms with Gasteiger partial charge in [-0.05, 0) is 49.6 Å². The van der Waals surface area contributed by atoms with Crippen LogP contribution in [0.3, 0.4) is 0 Å². The van der Waals surface area contributed by atoms with E-state index in [4.69, 9.17) is 5.73 Å². The van der Waals surface area contributed by atoms with Gasteiger partial charge in [-0.2, -0.15) is 0 Å². The fourth-order valence-electron chi connectivity index (χ4n) is 3.00. The molecule has 5 heteroatoms. The van der Waals surface area contributed by atoms with Crippen molar-refractivity contribution < 1.29 is 15.0 Å². The first-order valence-electron chi connectivity index (χ1n) is 7.23. The van der Waals surface area contributed by atoms with Gasteiger partial charge in [-0.3, -0.25) is 0 Å². The molecule has 0 aliphatic heterocycles. The van der Waals surface area contributed by atoms with Crippen molar-refractivity contribution in [3.63, 3.8) is 0 Å². The molecule has 0 atom stereocenters. The van der Waals surface area contributed by atoms with Gasteiger partial charge in [0.05, 0.1) is 17.7 Å². The maximum absolute atomic E-state index is 11.3. The Morgan fingerprint density at radius 1 is 1.38 bits per heavy atom. The Balaban J connectivity index is 2.84. The van der Waals surface area contributed by atoms with Crippen LogP contribution in [0.25, 0.3) is 10.9 Å². The van der Waals surface area contributed by atoms with E-state index in [0.29, 0.717) is 25.1 Å². The molecule has 1 aromatic heterocycles. The van der Waals surface area contributed by atoms with E-state index in [-0.39, 0.29) is 6.61 Å². The maximum atomic E-state index is 11.3. The van der Waals surface area contributed by atoms with E-state index < -0.39 is 5.97 Å². The first-order chi connectivity index (χ1) is 10.0. The number of aromatic nitrogens is 1. The summed E-state index contributed by atoms with van der Waals surface area (Å²) in [5.41, 5.74) is 10.2. The summed E-state index contributed by atoms with van der Waals surface area (Å²) in [6.07, 6.45) is 1.45. The van der Waals surface area contributed by atoms with Crippen molar-refractivity contribution >= 4 is 16.9 Å². The van der Waals surface area contributed by atoms with E-state index in [0.717, 1.165) is 34.1 Å². The van der Waals surface area contributed by atoms with Crippen LogP contribution >= 0.6 is 0 Å². The molecule has 0 aliphatic rings. The van der Waals surface area contributed by atoms with Crippen LogP contribution in [0.2, 0.25) is 0 Å². The molecule has 21 heavy (non-hydrogen) atoms. The highest BCUT2D eigenvalue weighted by Gasteiger charge is 2.18. The number of aryl methyl sites for hydroxylation is 1. The van der Waals surface area contributed by atoms with Gasteiger partial charge in [0.15, 0.2) is 0 Å². The number of aliphatic hydroxyl groups excluding tert-OH is 1. The zero-order valence-corrected chi connectivity index (χ0v) is 12.5. The minimum atomic E-state index is -0.919. The number of rotatable bonds is 6. The molecule has 5 nitrogen and oxygen atoms in total. The SMILES string of the molecule is CCc1cc(C(=O)O)cc2c(CCN)c(C)n(CCO)c12. The number of carbonyl (C=O) groups is 1. The number of nitrogens with two attached hydrogens (primary N) is 1. The lowest BCUT2D eigenvalue weighted by molar-refractivity contribution is 0.0697. The molecule has 2 aromatic rings. The van der Waals surface area contributed by atoms with Crippen LogP contribution in [-0.4, -0.2) is 33.9 Å². The van der Waals surface area contributed by atoms with Crippen LogP contribution in [-0.2, 0) is 19.4 Å².